The predicted octanol–water partition coefficient (Wildman–Crippen LogP) is 6.20. The summed E-state index contributed by atoms with van der Waals surface area (Å²) < 4.78 is 7.70. The molecule has 0 aliphatic carbocycles. The number of amides is 1. The van der Waals surface area contributed by atoms with E-state index in [0.29, 0.717) is 12.2 Å². The molecule has 0 radical (unpaired) electrons. The molecule has 1 saturated heterocycles. The zero-order valence-electron chi connectivity index (χ0n) is 24.1. The Hall–Kier alpha value is -4.24. The first-order valence-corrected chi connectivity index (χ1v) is 14.2. The number of anilines is 1. The highest BCUT2D eigenvalue weighted by molar-refractivity contribution is 5.82. The number of carbonyl (C=O) groups is 1. The smallest absolute Gasteiger partial charge is 0.407 e. The minimum atomic E-state index is -0.533. The zero-order valence-corrected chi connectivity index (χ0v) is 24.1. The molecule has 1 fully saturated rings. The molecule has 9 heteroatoms. The number of aromatic nitrogens is 4. The van der Waals surface area contributed by atoms with Gasteiger partial charge in [0.2, 0.25) is 0 Å². The van der Waals surface area contributed by atoms with Gasteiger partial charge in [-0.1, -0.05) is 36.4 Å². The molecule has 4 heterocycles. The van der Waals surface area contributed by atoms with Crippen LogP contribution in [0.1, 0.15) is 52.6 Å². The van der Waals surface area contributed by atoms with Crippen molar-refractivity contribution in [1.29, 1.82) is 0 Å². The third kappa shape index (κ3) is 6.57. The second-order valence-corrected chi connectivity index (χ2v) is 11.5. The second-order valence-electron chi connectivity index (χ2n) is 11.5. The van der Waals surface area contributed by atoms with Crippen LogP contribution < -0.4 is 11.1 Å². The Kier molecular flexibility index (Phi) is 8.35. The van der Waals surface area contributed by atoms with E-state index in [-0.39, 0.29) is 18.3 Å². The second kappa shape index (κ2) is 12.1. The molecule has 0 spiro atoms. The number of fused-ring (bicyclic) bond motifs is 1. The summed E-state index contributed by atoms with van der Waals surface area (Å²) in [6.45, 7) is 11.3. The van der Waals surface area contributed by atoms with E-state index in [1.54, 1.807) is 6.20 Å². The fraction of sp³-hybridized carbons (Fsp3) is 0.375. The fourth-order valence-corrected chi connectivity index (χ4v) is 5.42. The van der Waals surface area contributed by atoms with Gasteiger partial charge >= 0.3 is 6.09 Å². The number of nitrogens with two attached hydrogens (primary N) is 1. The van der Waals surface area contributed by atoms with Crippen molar-refractivity contribution in [2.75, 3.05) is 18.8 Å². The van der Waals surface area contributed by atoms with Crippen LogP contribution in [-0.2, 0) is 4.74 Å². The Morgan fingerprint density at radius 3 is 2.66 bits per heavy atom. The highest BCUT2D eigenvalue weighted by Gasteiger charge is 2.30. The number of hydrogen-bond acceptors (Lipinski definition) is 7. The summed E-state index contributed by atoms with van der Waals surface area (Å²) in [5.74, 6) is 1.14. The first-order valence-electron chi connectivity index (χ1n) is 14.2. The lowest BCUT2D eigenvalue weighted by Gasteiger charge is -2.32. The number of alkyl carbamates (subject to hydrolysis) is 1. The van der Waals surface area contributed by atoms with Crippen LogP contribution >= 0.6 is 0 Å². The Morgan fingerprint density at radius 2 is 1.93 bits per heavy atom. The SMILES string of the molecule is C=CCC(N1CCCC(NC(=O)OC(C)(C)C)CC1)n1c(-c2cccnc2N)nc2ccc(-c3ccccc3)nc21. The first-order chi connectivity index (χ1) is 19.7. The molecule has 41 heavy (non-hydrogen) atoms. The number of nitrogens with zero attached hydrogens (tertiary/aromatic N) is 5. The van der Waals surface area contributed by atoms with Crippen LogP contribution in [0, 0.1) is 0 Å². The average Bonchev–Trinajstić information content (AvgIpc) is 3.15. The number of imidazole rings is 1. The van der Waals surface area contributed by atoms with E-state index in [9.17, 15) is 4.79 Å². The van der Waals surface area contributed by atoms with Crippen LogP contribution in [0.2, 0.25) is 0 Å². The normalized spacial score (nSPS) is 17.1. The van der Waals surface area contributed by atoms with E-state index in [1.807, 2.05) is 69.3 Å². The molecule has 1 aliphatic heterocycles. The van der Waals surface area contributed by atoms with Gasteiger partial charge in [0.05, 0.1) is 17.4 Å². The van der Waals surface area contributed by atoms with Crippen molar-refractivity contribution in [3.8, 4) is 22.6 Å². The van der Waals surface area contributed by atoms with Gasteiger partial charge in [-0.2, -0.15) is 0 Å². The minimum absolute atomic E-state index is 0.0370. The molecule has 1 aliphatic rings. The summed E-state index contributed by atoms with van der Waals surface area (Å²) in [4.78, 5) is 29.4. The molecule has 3 aromatic heterocycles. The van der Waals surface area contributed by atoms with E-state index in [1.165, 1.54) is 0 Å². The summed E-state index contributed by atoms with van der Waals surface area (Å²) in [5.41, 5.74) is 10.1. The number of likely N-dealkylation sites (tertiary alicyclic amines) is 1. The van der Waals surface area contributed by atoms with Gasteiger partial charge in [0.15, 0.2) is 5.65 Å². The first kappa shape index (κ1) is 28.3. The van der Waals surface area contributed by atoms with Crippen molar-refractivity contribution in [1.82, 2.24) is 29.7 Å². The van der Waals surface area contributed by atoms with Gasteiger partial charge in [-0.05, 0) is 70.7 Å². The van der Waals surface area contributed by atoms with E-state index in [0.717, 1.165) is 66.2 Å². The van der Waals surface area contributed by atoms with Crippen LogP contribution in [0.15, 0.2) is 73.4 Å². The monoisotopic (exact) mass is 553 g/mol. The number of pyridine rings is 2. The van der Waals surface area contributed by atoms with Gasteiger partial charge < -0.3 is 15.8 Å². The summed E-state index contributed by atoms with van der Waals surface area (Å²) in [6, 6.07) is 18.0. The molecular weight excluding hydrogens is 514 g/mol. The van der Waals surface area contributed by atoms with Gasteiger partial charge in [0, 0.05) is 30.9 Å². The van der Waals surface area contributed by atoms with Crippen LogP contribution in [0.4, 0.5) is 10.6 Å². The third-order valence-electron chi connectivity index (χ3n) is 7.27. The van der Waals surface area contributed by atoms with Gasteiger partial charge in [-0.25, -0.2) is 19.7 Å². The van der Waals surface area contributed by atoms with Crippen molar-refractivity contribution < 1.29 is 9.53 Å². The molecule has 3 N–H and O–H groups in total. The predicted molar refractivity (Wildman–Crippen MR) is 163 cm³/mol. The van der Waals surface area contributed by atoms with E-state index >= 15 is 0 Å². The maximum absolute atomic E-state index is 12.5. The van der Waals surface area contributed by atoms with Gasteiger partial charge in [0.25, 0.3) is 0 Å². The van der Waals surface area contributed by atoms with Crippen molar-refractivity contribution in [2.24, 2.45) is 0 Å². The number of carbonyl (C=O) groups excluding carboxylic acids is 1. The van der Waals surface area contributed by atoms with E-state index < -0.39 is 5.60 Å². The Bertz CT molecular complexity index is 1510. The molecule has 0 saturated carbocycles. The van der Waals surface area contributed by atoms with Crippen LogP contribution in [0.25, 0.3) is 33.8 Å². The lowest BCUT2D eigenvalue weighted by molar-refractivity contribution is 0.0499. The van der Waals surface area contributed by atoms with E-state index in [2.05, 4.69) is 38.5 Å². The average molecular weight is 554 g/mol. The molecule has 2 atom stereocenters. The molecule has 5 rings (SSSR count). The summed E-state index contributed by atoms with van der Waals surface area (Å²) in [6.07, 6.45) is 6.43. The number of hydrogen-bond donors (Lipinski definition) is 2. The number of benzene rings is 1. The van der Waals surface area contributed by atoms with Crippen molar-refractivity contribution in [3.05, 3.63) is 73.4 Å². The van der Waals surface area contributed by atoms with Gasteiger partial charge in [0.1, 0.15) is 22.8 Å². The molecular formula is C32H39N7O2. The molecule has 214 valence electrons. The Balaban J connectivity index is 1.53. The van der Waals surface area contributed by atoms with Crippen molar-refractivity contribution in [3.63, 3.8) is 0 Å². The van der Waals surface area contributed by atoms with E-state index in [4.69, 9.17) is 20.4 Å². The number of nitrogen functional groups attached to an aromatic ring is 1. The maximum Gasteiger partial charge on any atom is 0.407 e. The molecule has 2 unspecified atom stereocenters. The molecule has 9 nitrogen and oxygen atoms in total. The topological polar surface area (TPSA) is 111 Å². The van der Waals surface area contributed by atoms with Crippen molar-refractivity contribution >= 4 is 23.1 Å². The number of ether oxygens (including phenoxy) is 1. The zero-order chi connectivity index (χ0) is 29.0. The lowest BCUT2D eigenvalue weighted by atomic mass is 10.1. The molecule has 1 aromatic carbocycles. The van der Waals surface area contributed by atoms with Gasteiger partial charge in [-0.15, -0.1) is 6.58 Å². The quantitative estimate of drug-likeness (QED) is 0.262. The molecule has 1 amide bonds. The highest BCUT2D eigenvalue weighted by atomic mass is 16.6. The minimum Gasteiger partial charge on any atom is -0.444 e. The van der Waals surface area contributed by atoms with Crippen LogP contribution in [-0.4, -0.2) is 55.2 Å². The van der Waals surface area contributed by atoms with Crippen molar-refractivity contribution in [2.45, 2.75) is 64.3 Å². The standard InChI is InChI=1S/C32H39N7O2/c1-5-11-27(38-20-10-14-23(18-21-38)35-31(40)41-32(2,3)4)39-29(24-15-9-19-34-28(24)33)37-26-17-16-25(36-30(26)39)22-12-7-6-8-13-22/h5-9,12-13,15-17,19,23,27H,1,10-11,14,18,20-21H2,2-4H3,(H2,33,34)(H,35,40). The maximum atomic E-state index is 12.5. The largest absolute Gasteiger partial charge is 0.444 e. The summed E-state index contributed by atoms with van der Waals surface area (Å²) in [5, 5.41) is 3.08. The fourth-order valence-electron chi connectivity index (χ4n) is 5.42. The highest BCUT2D eigenvalue weighted by Crippen LogP contribution is 2.35. The Morgan fingerprint density at radius 1 is 1.12 bits per heavy atom. The summed E-state index contributed by atoms with van der Waals surface area (Å²) in [7, 11) is 0. The lowest BCUT2D eigenvalue weighted by Crippen LogP contribution is -2.40. The summed E-state index contributed by atoms with van der Waals surface area (Å²) >= 11 is 0. The van der Waals surface area contributed by atoms with Crippen LogP contribution in [0.3, 0.4) is 0 Å². The Labute approximate surface area is 241 Å². The number of rotatable bonds is 7. The van der Waals surface area contributed by atoms with Gasteiger partial charge in [-0.3, -0.25) is 9.47 Å². The number of nitrogens with one attached hydrogen (secondary N) is 1. The van der Waals surface area contributed by atoms with Crippen LogP contribution in [0.5, 0.6) is 0 Å². The third-order valence-corrected chi connectivity index (χ3v) is 7.27. The molecule has 4 aromatic rings. The molecule has 0 bridgehead atoms.